The molecule has 0 aliphatic heterocycles. The Balaban J connectivity index is 1.25. The quantitative estimate of drug-likeness (QED) is 0.267. The number of hydrogen-bond donors (Lipinski definition) is 2. The summed E-state index contributed by atoms with van der Waals surface area (Å²) in [4.78, 5) is 10.5. The summed E-state index contributed by atoms with van der Waals surface area (Å²) in [5.74, 6) is 0.931. The molecule has 2 aliphatic rings. The molecular formula is C34H30N6O3S. The van der Waals surface area contributed by atoms with Crippen molar-refractivity contribution in [2.75, 3.05) is 6.26 Å². The average molecular weight is 603 g/mol. The number of hydrogen-bond acceptors (Lipinski definition) is 8. The zero-order valence-electron chi connectivity index (χ0n) is 24.1. The van der Waals surface area contributed by atoms with Gasteiger partial charge in [-0.05, 0) is 73.6 Å². The first kappa shape index (κ1) is 27.1. The first-order chi connectivity index (χ1) is 21.1. The number of nitrogens with two attached hydrogens (primary N) is 1. The van der Waals surface area contributed by atoms with Crippen LogP contribution in [0.5, 0.6) is 0 Å². The average Bonchev–Trinajstić information content (AvgIpc) is 3.79. The molecule has 0 unspecified atom stereocenters. The smallest absolute Gasteiger partial charge is 0.175 e. The minimum Gasteiger partial charge on any atom is -0.389 e. The zero-order valence-corrected chi connectivity index (χ0v) is 24.9. The van der Waals surface area contributed by atoms with E-state index in [1.807, 2.05) is 71.1 Å². The first-order valence-electron chi connectivity index (χ1n) is 14.7. The van der Waals surface area contributed by atoms with Crippen LogP contribution in [0.25, 0.3) is 50.7 Å². The van der Waals surface area contributed by atoms with Crippen molar-refractivity contribution in [1.82, 2.24) is 24.6 Å². The highest BCUT2D eigenvalue weighted by Gasteiger charge is 2.58. The van der Waals surface area contributed by atoms with Crippen molar-refractivity contribution >= 4 is 26.6 Å². The van der Waals surface area contributed by atoms with Crippen molar-refractivity contribution < 1.29 is 13.5 Å². The van der Waals surface area contributed by atoms with Crippen LogP contribution >= 0.6 is 0 Å². The van der Waals surface area contributed by atoms with Crippen LogP contribution in [0.2, 0.25) is 0 Å². The van der Waals surface area contributed by atoms with E-state index in [0.717, 1.165) is 35.2 Å². The van der Waals surface area contributed by atoms with E-state index in [0.29, 0.717) is 52.7 Å². The fourth-order valence-electron chi connectivity index (χ4n) is 6.63. The molecule has 2 fully saturated rings. The lowest BCUT2D eigenvalue weighted by atomic mass is 9.60. The van der Waals surface area contributed by atoms with Gasteiger partial charge in [0.25, 0.3) is 0 Å². The van der Waals surface area contributed by atoms with Crippen LogP contribution in [-0.4, -0.2) is 49.9 Å². The molecule has 0 radical (unpaired) electrons. The van der Waals surface area contributed by atoms with Gasteiger partial charge in [0.2, 0.25) is 0 Å². The van der Waals surface area contributed by atoms with Crippen LogP contribution in [0.15, 0.2) is 95.9 Å². The Morgan fingerprint density at radius 2 is 1.43 bits per heavy atom. The summed E-state index contributed by atoms with van der Waals surface area (Å²) in [5, 5.41) is 19.7. The predicted molar refractivity (Wildman–Crippen MR) is 168 cm³/mol. The topological polar surface area (TPSA) is 136 Å². The van der Waals surface area contributed by atoms with E-state index in [1.54, 1.807) is 24.3 Å². The molecule has 3 heterocycles. The van der Waals surface area contributed by atoms with E-state index >= 15 is 0 Å². The second kappa shape index (κ2) is 9.49. The maximum atomic E-state index is 12.0. The summed E-state index contributed by atoms with van der Waals surface area (Å²) in [6, 6.07) is 28.4. The first-order valence-corrected chi connectivity index (χ1v) is 16.5. The molecule has 6 aromatic rings. The monoisotopic (exact) mass is 602 g/mol. The number of fused-ring (bicyclic) bond motifs is 3. The SMILES string of the molecule is CS(=O)(=O)c1ccc(-c2nnc3ccc4nc(-c5ccc([C@]6(N)C[C@@](O)(C7CC7)C6)cc5)c(-c5ccccc5)nc4n23)cc1. The molecule has 44 heavy (non-hydrogen) atoms. The lowest BCUT2D eigenvalue weighted by Gasteiger charge is -2.52. The number of pyridine rings is 1. The van der Waals surface area contributed by atoms with Gasteiger partial charge in [-0.15, -0.1) is 10.2 Å². The normalized spacial score (nSPS) is 21.9. The maximum Gasteiger partial charge on any atom is 0.175 e. The van der Waals surface area contributed by atoms with Gasteiger partial charge in [-0.2, -0.15) is 0 Å². The fourth-order valence-corrected chi connectivity index (χ4v) is 7.26. The molecule has 2 aliphatic carbocycles. The number of aliphatic hydroxyl groups is 1. The number of rotatable bonds is 6. The third kappa shape index (κ3) is 4.40. The summed E-state index contributed by atoms with van der Waals surface area (Å²) < 4.78 is 25.9. The predicted octanol–water partition coefficient (Wildman–Crippen LogP) is 5.17. The van der Waals surface area contributed by atoms with Gasteiger partial charge in [0.15, 0.2) is 27.0 Å². The van der Waals surface area contributed by atoms with Crippen LogP contribution in [0, 0.1) is 5.92 Å². The van der Waals surface area contributed by atoms with Crippen molar-refractivity contribution in [3.63, 3.8) is 0 Å². The summed E-state index contributed by atoms with van der Waals surface area (Å²) in [6.45, 7) is 0. The number of sulfone groups is 1. The van der Waals surface area contributed by atoms with Gasteiger partial charge in [-0.25, -0.2) is 18.4 Å². The molecule has 3 N–H and O–H groups in total. The molecule has 2 saturated carbocycles. The summed E-state index contributed by atoms with van der Waals surface area (Å²) >= 11 is 0. The molecule has 220 valence electrons. The van der Waals surface area contributed by atoms with Gasteiger partial charge in [0.05, 0.1) is 21.9 Å². The van der Waals surface area contributed by atoms with Crippen LogP contribution in [0.3, 0.4) is 0 Å². The Morgan fingerprint density at radius 3 is 2.09 bits per heavy atom. The Kier molecular flexibility index (Phi) is 5.84. The van der Waals surface area contributed by atoms with Crippen LogP contribution < -0.4 is 5.73 Å². The van der Waals surface area contributed by atoms with E-state index in [4.69, 9.17) is 15.7 Å². The minimum atomic E-state index is -3.33. The summed E-state index contributed by atoms with van der Waals surface area (Å²) in [6.07, 6.45) is 4.54. The van der Waals surface area contributed by atoms with Crippen molar-refractivity contribution in [1.29, 1.82) is 0 Å². The number of nitrogens with zero attached hydrogens (tertiary/aromatic N) is 5. The second-order valence-corrected chi connectivity index (χ2v) is 14.3. The fraction of sp³-hybridized carbons (Fsp3) is 0.235. The molecule has 0 spiro atoms. The van der Waals surface area contributed by atoms with Gasteiger partial charge in [0, 0.05) is 28.5 Å². The number of aromatic nitrogens is 5. The molecule has 0 bridgehead atoms. The van der Waals surface area contributed by atoms with E-state index < -0.39 is 21.0 Å². The molecule has 0 saturated heterocycles. The lowest BCUT2D eigenvalue weighted by Crippen LogP contribution is -2.60. The maximum absolute atomic E-state index is 12.0. The minimum absolute atomic E-state index is 0.234. The molecule has 0 atom stereocenters. The van der Waals surface area contributed by atoms with Crippen molar-refractivity contribution in [2.24, 2.45) is 11.7 Å². The van der Waals surface area contributed by atoms with E-state index in [2.05, 4.69) is 10.2 Å². The van der Waals surface area contributed by atoms with Gasteiger partial charge in [-0.3, -0.25) is 4.40 Å². The van der Waals surface area contributed by atoms with Crippen molar-refractivity contribution in [2.45, 2.75) is 41.7 Å². The van der Waals surface area contributed by atoms with Gasteiger partial charge < -0.3 is 10.8 Å². The zero-order chi connectivity index (χ0) is 30.3. The van der Waals surface area contributed by atoms with Crippen LogP contribution in [0.4, 0.5) is 0 Å². The van der Waals surface area contributed by atoms with Crippen LogP contribution in [0.1, 0.15) is 31.2 Å². The van der Waals surface area contributed by atoms with Gasteiger partial charge >= 0.3 is 0 Å². The highest BCUT2D eigenvalue weighted by Crippen LogP contribution is 2.57. The highest BCUT2D eigenvalue weighted by molar-refractivity contribution is 7.90. The van der Waals surface area contributed by atoms with Gasteiger partial charge in [-0.1, -0.05) is 54.6 Å². The Labute approximate surface area is 254 Å². The van der Waals surface area contributed by atoms with Gasteiger partial charge in [0.1, 0.15) is 5.52 Å². The molecule has 8 rings (SSSR count). The molecular weight excluding hydrogens is 572 g/mol. The van der Waals surface area contributed by atoms with Crippen molar-refractivity contribution in [3.05, 3.63) is 96.6 Å². The summed E-state index contributed by atoms with van der Waals surface area (Å²) in [5.41, 5.74) is 12.4. The third-order valence-electron chi connectivity index (χ3n) is 9.10. The molecule has 0 amide bonds. The molecule has 3 aromatic carbocycles. The Hall–Kier alpha value is -4.51. The molecule has 10 heteroatoms. The highest BCUT2D eigenvalue weighted by atomic mass is 32.2. The Bertz CT molecular complexity index is 2170. The van der Waals surface area contributed by atoms with Crippen LogP contribution in [-0.2, 0) is 15.4 Å². The van der Waals surface area contributed by atoms with E-state index in [-0.39, 0.29) is 4.90 Å². The standard InChI is InChI=1S/C34H30N6O3S/c1-44(42,43)26-15-9-23(10-16-26)31-39-38-28-18-17-27-32(40(28)31)37-30(21-5-3-2-4-6-21)29(36-27)22-7-11-24(12-8-22)33(35)19-34(41,20-33)25-13-14-25/h2-12,15-18,25,41H,13-14,19-20,35H2,1H3/t33-,34-. The van der Waals surface area contributed by atoms with E-state index in [9.17, 15) is 13.5 Å². The number of benzene rings is 3. The van der Waals surface area contributed by atoms with Crippen molar-refractivity contribution in [3.8, 4) is 33.9 Å². The molecule has 3 aromatic heterocycles. The third-order valence-corrected chi connectivity index (χ3v) is 10.2. The lowest BCUT2D eigenvalue weighted by molar-refractivity contribution is -0.106. The largest absolute Gasteiger partial charge is 0.389 e. The second-order valence-electron chi connectivity index (χ2n) is 12.3. The Morgan fingerprint density at radius 1 is 0.795 bits per heavy atom. The summed E-state index contributed by atoms with van der Waals surface area (Å²) in [7, 11) is -3.33. The van der Waals surface area contributed by atoms with E-state index in [1.165, 1.54) is 6.26 Å². The molecule has 9 nitrogen and oxygen atoms in total.